The van der Waals surface area contributed by atoms with Crippen molar-refractivity contribution >= 4 is 11.6 Å². The van der Waals surface area contributed by atoms with Crippen molar-refractivity contribution < 1.29 is 18.0 Å². The molecule has 4 nitrogen and oxygen atoms in total. The summed E-state index contributed by atoms with van der Waals surface area (Å²) in [6.45, 7) is -0.0411. The van der Waals surface area contributed by atoms with Gasteiger partial charge < -0.3 is 16.8 Å². The molecule has 5 N–H and O–H groups in total. The molecule has 0 radical (unpaired) electrons. The Morgan fingerprint density at radius 3 is 2.42 bits per heavy atom. The lowest BCUT2D eigenvalue weighted by Crippen LogP contribution is -2.37. The molecule has 0 heterocycles. The van der Waals surface area contributed by atoms with Gasteiger partial charge in [-0.05, 0) is 36.6 Å². The molecule has 1 aliphatic rings. The van der Waals surface area contributed by atoms with E-state index in [-0.39, 0.29) is 12.2 Å². The summed E-state index contributed by atoms with van der Waals surface area (Å²) >= 11 is 0. The number of benzene rings is 1. The van der Waals surface area contributed by atoms with Crippen molar-refractivity contribution in [3.8, 4) is 0 Å². The second-order valence-corrected chi connectivity index (χ2v) is 4.73. The summed E-state index contributed by atoms with van der Waals surface area (Å²) in [4.78, 5) is 11.7. The normalized spacial score (nSPS) is 17.1. The van der Waals surface area contributed by atoms with Gasteiger partial charge >= 0.3 is 6.18 Å². The van der Waals surface area contributed by atoms with E-state index >= 15 is 0 Å². The van der Waals surface area contributed by atoms with Crippen molar-refractivity contribution in [2.24, 2.45) is 11.5 Å². The summed E-state index contributed by atoms with van der Waals surface area (Å²) in [5.41, 5.74) is 9.62. The molecule has 19 heavy (non-hydrogen) atoms. The quantitative estimate of drug-likeness (QED) is 0.782. The Morgan fingerprint density at radius 2 is 1.95 bits per heavy atom. The van der Waals surface area contributed by atoms with Crippen LogP contribution in [0.5, 0.6) is 0 Å². The van der Waals surface area contributed by atoms with E-state index in [2.05, 4.69) is 5.32 Å². The van der Waals surface area contributed by atoms with Gasteiger partial charge in [0.25, 0.3) is 0 Å². The molecule has 0 aliphatic heterocycles. The number of nitrogens with two attached hydrogens (primary N) is 2. The number of nitrogens with one attached hydrogen (secondary N) is 1. The van der Waals surface area contributed by atoms with Gasteiger partial charge in [-0.25, -0.2) is 0 Å². The first-order valence-corrected chi connectivity index (χ1v) is 5.76. The Kier molecular flexibility index (Phi) is 3.27. The molecular formula is C12H14F3N3O. The maximum absolute atomic E-state index is 12.7. The summed E-state index contributed by atoms with van der Waals surface area (Å²) < 4.78 is 38.1. The van der Waals surface area contributed by atoms with Gasteiger partial charge in [0.1, 0.15) is 0 Å². The van der Waals surface area contributed by atoms with Crippen LogP contribution in [0.25, 0.3) is 0 Å². The first-order valence-electron chi connectivity index (χ1n) is 5.76. The molecule has 104 valence electrons. The summed E-state index contributed by atoms with van der Waals surface area (Å²) in [5.74, 6) is -0.463. The first-order chi connectivity index (χ1) is 8.74. The molecule has 0 saturated heterocycles. The molecule has 1 fully saturated rings. The second-order valence-electron chi connectivity index (χ2n) is 4.73. The molecule has 1 amide bonds. The molecule has 1 aromatic rings. The molecule has 0 spiro atoms. The van der Waals surface area contributed by atoms with Crippen LogP contribution in [0.3, 0.4) is 0 Å². The smallest absolute Gasteiger partial charge is 0.326 e. The van der Waals surface area contributed by atoms with Crippen molar-refractivity contribution in [1.29, 1.82) is 0 Å². The van der Waals surface area contributed by atoms with E-state index in [1.807, 2.05) is 0 Å². The van der Waals surface area contributed by atoms with E-state index in [4.69, 9.17) is 11.5 Å². The lowest BCUT2D eigenvalue weighted by molar-refractivity contribution is -0.137. The Morgan fingerprint density at radius 1 is 1.32 bits per heavy atom. The van der Waals surface area contributed by atoms with Crippen LogP contribution in [0, 0.1) is 0 Å². The average molecular weight is 273 g/mol. The number of alkyl halides is 3. The highest BCUT2D eigenvalue weighted by molar-refractivity contribution is 6.00. The minimum absolute atomic E-state index is 0.0411. The predicted octanol–water partition coefficient (Wildman–Crippen LogP) is 1.59. The number of hydrogen-bond acceptors (Lipinski definition) is 3. The lowest BCUT2D eigenvalue weighted by Gasteiger charge is -2.14. The molecule has 0 atom stereocenters. The van der Waals surface area contributed by atoms with Crippen LogP contribution in [0.1, 0.15) is 24.0 Å². The number of carbonyl (C=O) groups excluding carboxylic acids is 1. The van der Waals surface area contributed by atoms with Crippen LogP contribution in [-0.4, -0.2) is 11.4 Å². The number of amides is 1. The van der Waals surface area contributed by atoms with Gasteiger partial charge in [-0.2, -0.15) is 13.2 Å². The van der Waals surface area contributed by atoms with E-state index in [0.717, 1.165) is 12.1 Å². The summed E-state index contributed by atoms with van der Waals surface area (Å²) in [6, 6.07) is 3.26. The van der Waals surface area contributed by atoms with Gasteiger partial charge in [-0.1, -0.05) is 0 Å². The van der Waals surface area contributed by atoms with Crippen molar-refractivity contribution in [2.45, 2.75) is 31.1 Å². The molecule has 1 aliphatic carbocycles. The molecule has 0 bridgehead atoms. The van der Waals surface area contributed by atoms with Gasteiger partial charge in [-0.15, -0.1) is 0 Å². The van der Waals surface area contributed by atoms with Crippen LogP contribution in [-0.2, 0) is 17.5 Å². The van der Waals surface area contributed by atoms with Gasteiger partial charge in [-0.3, -0.25) is 4.79 Å². The first kappa shape index (κ1) is 13.8. The molecule has 0 aromatic heterocycles. The van der Waals surface area contributed by atoms with E-state index in [1.54, 1.807) is 0 Å². The third-order valence-corrected chi connectivity index (χ3v) is 3.05. The van der Waals surface area contributed by atoms with Crippen LogP contribution in [0.2, 0.25) is 0 Å². The fraction of sp³-hybridized carbons (Fsp3) is 0.417. The molecular weight excluding hydrogens is 259 g/mol. The third-order valence-electron chi connectivity index (χ3n) is 3.05. The number of carbonyl (C=O) groups is 1. The van der Waals surface area contributed by atoms with Gasteiger partial charge in [0, 0.05) is 12.2 Å². The number of rotatable bonds is 3. The summed E-state index contributed by atoms with van der Waals surface area (Å²) in [7, 11) is 0. The van der Waals surface area contributed by atoms with Gasteiger partial charge in [0.05, 0.1) is 11.1 Å². The molecule has 0 unspecified atom stereocenters. The Hall–Kier alpha value is -1.60. The SMILES string of the molecule is NCc1cc(NC(=O)C2(N)CC2)cc(C(F)(F)F)c1. The highest BCUT2D eigenvalue weighted by atomic mass is 19.4. The maximum Gasteiger partial charge on any atom is 0.416 e. The number of halogens is 3. The standard InChI is InChI=1S/C12H14F3N3O/c13-12(14,15)8-3-7(6-16)4-9(5-8)18-10(19)11(17)1-2-11/h3-5H,1-2,6,16-17H2,(H,18,19). The highest BCUT2D eigenvalue weighted by Crippen LogP contribution is 2.35. The maximum atomic E-state index is 12.7. The fourth-order valence-electron chi connectivity index (χ4n) is 1.66. The number of hydrogen-bond donors (Lipinski definition) is 3. The van der Waals surface area contributed by atoms with Gasteiger partial charge in [0.15, 0.2) is 0 Å². The average Bonchev–Trinajstić information content (AvgIpc) is 3.07. The highest BCUT2D eigenvalue weighted by Gasteiger charge is 2.46. The van der Waals surface area contributed by atoms with Crippen molar-refractivity contribution in [1.82, 2.24) is 0 Å². The molecule has 2 rings (SSSR count). The van der Waals surface area contributed by atoms with E-state index < -0.39 is 23.2 Å². The molecule has 7 heteroatoms. The van der Waals surface area contributed by atoms with Crippen molar-refractivity contribution in [3.63, 3.8) is 0 Å². The zero-order valence-corrected chi connectivity index (χ0v) is 10.1. The minimum atomic E-state index is -4.48. The second kappa shape index (κ2) is 4.50. The largest absolute Gasteiger partial charge is 0.416 e. The zero-order valence-electron chi connectivity index (χ0n) is 10.1. The molecule has 1 aromatic carbocycles. The lowest BCUT2D eigenvalue weighted by atomic mass is 10.1. The van der Waals surface area contributed by atoms with Crippen molar-refractivity contribution in [3.05, 3.63) is 29.3 Å². The topological polar surface area (TPSA) is 81.1 Å². The van der Waals surface area contributed by atoms with E-state index in [9.17, 15) is 18.0 Å². The predicted molar refractivity (Wildman–Crippen MR) is 64.1 cm³/mol. The van der Waals surface area contributed by atoms with Crippen LogP contribution in [0.4, 0.5) is 18.9 Å². The van der Waals surface area contributed by atoms with Crippen molar-refractivity contribution in [2.75, 3.05) is 5.32 Å². The Balaban J connectivity index is 2.27. The van der Waals surface area contributed by atoms with E-state index in [1.165, 1.54) is 6.07 Å². The van der Waals surface area contributed by atoms with Crippen LogP contribution >= 0.6 is 0 Å². The minimum Gasteiger partial charge on any atom is -0.326 e. The third kappa shape index (κ3) is 3.05. The fourth-order valence-corrected chi connectivity index (χ4v) is 1.66. The van der Waals surface area contributed by atoms with Crippen LogP contribution in [0.15, 0.2) is 18.2 Å². The summed E-state index contributed by atoms with van der Waals surface area (Å²) in [5, 5.41) is 2.41. The van der Waals surface area contributed by atoms with Crippen LogP contribution < -0.4 is 16.8 Å². The Bertz CT molecular complexity index is 509. The Labute approximate surface area is 108 Å². The monoisotopic (exact) mass is 273 g/mol. The van der Waals surface area contributed by atoms with E-state index in [0.29, 0.717) is 18.4 Å². The zero-order chi connectivity index (χ0) is 14.3. The van der Waals surface area contributed by atoms with Gasteiger partial charge in [0.2, 0.25) is 5.91 Å². The number of anilines is 1. The molecule has 1 saturated carbocycles. The summed E-state index contributed by atoms with van der Waals surface area (Å²) in [6.07, 6.45) is -3.40.